The van der Waals surface area contributed by atoms with Gasteiger partial charge in [-0.2, -0.15) is 0 Å². The molecule has 0 saturated heterocycles. The van der Waals surface area contributed by atoms with E-state index in [-0.39, 0.29) is 5.78 Å². The molecule has 0 saturated carbocycles. The van der Waals surface area contributed by atoms with Gasteiger partial charge in [0.2, 0.25) is 0 Å². The van der Waals surface area contributed by atoms with Crippen LogP contribution < -0.4 is 0 Å². The topological polar surface area (TPSA) is 30.2 Å². The van der Waals surface area contributed by atoms with E-state index in [1.54, 1.807) is 24.3 Å². The summed E-state index contributed by atoms with van der Waals surface area (Å²) in [6, 6.07) is 18.2. The van der Waals surface area contributed by atoms with Crippen molar-refractivity contribution in [3.8, 4) is 11.3 Å². The molecular formula is C19H12Cl2O2. The highest BCUT2D eigenvalue weighted by Gasteiger charge is 2.09. The largest absolute Gasteiger partial charge is 0.457 e. The molecule has 0 radical (unpaired) electrons. The van der Waals surface area contributed by atoms with Gasteiger partial charge in [0.15, 0.2) is 5.78 Å². The van der Waals surface area contributed by atoms with Gasteiger partial charge < -0.3 is 4.42 Å². The van der Waals surface area contributed by atoms with E-state index in [4.69, 9.17) is 27.6 Å². The molecule has 0 atom stereocenters. The van der Waals surface area contributed by atoms with E-state index < -0.39 is 0 Å². The lowest BCUT2D eigenvalue weighted by atomic mass is 10.1. The van der Waals surface area contributed by atoms with Gasteiger partial charge >= 0.3 is 0 Å². The van der Waals surface area contributed by atoms with Crippen LogP contribution in [0, 0.1) is 0 Å². The first kappa shape index (κ1) is 15.6. The zero-order valence-corrected chi connectivity index (χ0v) is 13.5. The average Bonchev–Trinajstić information content (AvgIpc) is 3.05. The summed E-state index contributed by atoms with van der Waals surface area (Å²) in [5.41, 5.74) is 1.35. The number of allylic oxidation sites excluding steroid dienone is 1. The number of ketones is 1. The van der Waals surface area contributed by atoms with Crippen molar-refractivity contribution in [2.24, 2.45) is 0 Å². The second kappa shape index (κ2) is 6.86. The predicted molar refractivity (Wildman–Crippen MR) is 94.0 cm³/mol. The quantitative estimate of drug-likeness (QED) is 0.420. The lowest BCUT2D eigenvalue weighted by Crippen LogP contribution is -1.95. The summed E-state index contributed by atoms with van der Waals surface area (Å²) in [6.45, 7) is 0. The molecule has 0 N–H and O–H groups in total. The third-order valence-electron chi connectivity index (χ3n) is 3.28. The molecule has 0 amide bonds. The van der Waals surface area contributed by atoms with Crippen LogP contribution in [0.1, 0.15) is 16.1 Å². The molecule has 1 aromatic heterocycles. The number of carbonyl (C=O) groups excluding carboxylic acids is 1. The molecule has 2 aromatic carbocycles. The van der Waals surface area contributed by atoms with E-state index in [2.05, 4.69) is 0 Å². The maximum Gasteiger partial charge on any atom is 0.187 e. The van der Waals surface area contributed by atoms with Crippen molar-refractivity contribution >= 4 is 35.1 Å². The molecule has 0 aliphatic heterocycles. The van der Waals surface area contributed by atoms with Gasteiger partial charge in [0.1, 0.15) is 11.5 Å². The van der Waals surface area contributed by atoms with Crippen molar-refractivity contribution in [2.45, 2.75) is 0 Å². The summed E-state index contributed by atoms with van der Waals surface area (Å²) in [5.74, 6) is 1.11. The molecule has 0 unspecified atom stereocenters. The molecule has 3 aromatic rings. The molecule has 1 heterocycles. The number of carbonyl (C=O) groups is 1. The fraction of sp³-hybridized carbons (Fsp3) is 0. The summed E-state index contributed by atoms with van der Waals surface area (Å²) >= 11 is 11.9. The Morgan fingerprint density at radius 3 is 2.52 bits per heavy atom. The first-order valence-electron chi connectivity index (χ1n) is 6.96. The minimum atomic E-state index is -0.227. The third kappa shape index (κ3) is 3.73. The van der Waals surface area contributed by atoms with Gasteiger partial charge in [-0.05, 0) is 42.5 Å². The van der Waals surface area contributed by atoms with Crippen LogP contribution in [0.4, 0.5) is 0 Å². The van der Waals surface area contributed by atoms with Crippen molar-refractivity contribution in [2.75, 3.05) is 0 Å². The number of benzene rings is 2. The first-order chi connectivity index (χ1) is 11.1. The maximum atomic E-state index is 12.2. The normalized spacial score (nSPS) is 11.0. The van der Waals surface area contributed by atoms with Crippen molar-refractivity contribution in [1.29, 1.82) is 0 Å². The number of hydrogen-bond acceptors (Lipinski definition) is 2. The van der Waals surface area contributed by atoms with Gasteiger partial charge in [-0.1, -0.05) is 53.5 Å². The molecule has 0 aliphatic carbocycles. The van der Waals surface area contributed by atoms with Gasteiger partial charge in [0.25, 0.3) is 0 Å². The SMILES string of the molecule is O=C(C=Cc1ccc(-c2ccccc2)o1)c1cc(Cl)ccc1Cl. The lowest BCUT2D eigenvalue weighted by molar-refractivity contribution is 0.104. The van der Waals surface area contributed by atoms with Crippen LogP contribution in [0.15, 0.2) is 71.2 Å². The molecule has 0 aliphatic rings. The summed E-state index contributed by atoms with van der Waals surface area (Å²) in [4.78, 5) is 12.2. The molecular weight excluding hydrogens is 331 g/mol. The smallest absolute Gasteiger partial charge is 0.187 e. The van der Waals surface area contributed by atoms with Gasteiger partial charge in [0.05, 0.1) is 5.02 Å². The summed E-state index contributed by atoms with van der Waals surface area (Å²) in [7, 11) is 0. The van der Waals surface area contributed by atoms with E-state index in [9.17, 15) is 4.79 Å². The highest BCUT2D eigenvalue weighted by atomic mass is 35.5. The number of hydrogen-bond donors (Lipinski definition) is 0. The predicted octanol–water partition coefficient (Wildman–Crippen LogP) is 6.15. The van der Waals surface area contributed by atoms with Gasteiger partial charge in [-0.3, -0.25) is 4.79 Å². The third-order valence-corrected chi connectivity index (χ3v) is 3.84. The van der Waals surface area contributed by atoms with Gasteiger partial charge in [-0.25, -0.2) is 0 Å². The molecule has 0 spiro atoms. The van der Waals surface area contributed by atoms with Gasteiger partial charge in [0, 0.05) is 16.1 Å². The van der Waals surface area contributed by atoms with E-state index in [0.29, 0.717) is 21.4 Å². The van der Waals surface area contributed by atoms with Crippen LogP contribution in [0.5, 0.6) is 0 Å². The summed E-state index contributed by atoms with van der Waals surface area (Å²) in [6.07, 6.45) is 3.04. The Kier molecular flexibility index (Phi) is 4.65. The van der Waals surface area contributed by atoms with Crippen LogP contribution in [0.3, 0.4) is 0 Å². The van der Waals surface area contributed by atoms with E-state index in [1.807, 2.05) is 42.5 Å². The standard InChI is InChI=1S/C19H12Cl2O2/c20-14-6-9-17(21)16(12-14)18(22)10-7-15-8-11-19(23-15)13-4-2-1-3-5-13/h1-12H. The highest BCUT2D eigenvalue weighted by molar-refractivity contribution is 6.36. The summed E-state index contributed by atoms with van der Waals surface area (Å²) in [5, 5.41) is 0.837. The van der Waals surface area contributed by atoms with Crippen molar-refractivity contribution in [1.82, 2.24) is 0 Å². The Morgan fingerprint density at radius 1 is 0.957 bits per heavy atom. The minimum Gasteiger partial charge on any atom is -0.457 e. The van der Waals surface area contributed by atoms with Crippen LogP contribution in [0.25, 0.3) is 17.4 Å². The van der Waals surface area contributed by atoms with E-state index in [1.165, 1.54) is 6.08 Å². The number of halogens is 2. The molecule has 2 nitrogen and oxygen atoms in total. The van der Waals surface area contributed by atoms with Crippen LogP contribution in [-0.4, -0.2) is 5.78 Å². The fourth-order valence-electron chi connectivity index (χ4n) is 2.13. The lowest BCUT2D eigenvalue weighted by Gasteiger charge is -2.00. The highest BCUT2D eigenvalue weighted by Crippen LogP contribution is 2.24. The van der Waals surface area contributed by atoms with Crippen molar-refractivity contribution < 1.29 is 9.21 Å². The second-order valence-corrected chi connectivity index (χ2v) is 5.73. The van der Waals surface area contributed by atoms with Crippen molar-refractivity contribution in [3.05, 3.63) is 88.1 Å². The monoisotopic (exact) mass is 342 g/mol. The molecule has 0 bridgehead atoms. The molecule has 23 heavy (non-hydrogen) atoms. The Bertz CT molecular complexity index is 864. The minimum absolute atomic E-state index is 0.227. The van der Waals surface area contributed by atoms with Crippen LogP contribution in [0.2, 0.25) is 10.0 Å². The zero-order chi connectivity index (χ0) is 16.2. The van der Waals surface area contributed by atoms with Gasteiger partial charge in [-0.15, -0.1) is 0 Å². The van der Waals surface area contributed by atoms with Crippen LogP contribution in [-0.2, 0) is 0 Å². The second-order valence-electron chi connectivity index (χ2n) is 4.89. The number of rotatable bonds is 4. The molecule has 0 fully saturated rings. The molecule has 3 rings (SSSR count). The van der Waals surface area contributed by atoms with E-state index in [0.717, 1.165) is 11.3 Å². The Labute approximate surface area is 144 Å². The molecule has 4 heteroatoms. The fourth-order valence-corrected chi connectivity index (χ4v) is 2.52. The van der Waals surface area contributed by atoms with Crippen molar-refractivity contribution in [3.63, 3.8) is 0 Å². The zero-order valence-electron chi connectivity index (χ0n) is 12.0. The molecule has 114 valence electrons. The Morgan fingerprint density at radius 2 is 1.74 bits per heavy atom. The Hall–Kier alpha value is -2.29. The Balaban J connectivity index is 1.79. The maximum absolute atomic E-state index is 12.2. The van der Waals surface area contributed by atoms with E-state index >= 15 is 0 Å². The summed E-state index contributed by atoms with van der Waals surface area (Å²) < 4.78 is 5.71. The van der Waals surface area contributed by atoms with Crippen LogP contribution >= 0.6 is 23.2 Å². The average molecular weight is 343 g/mol. The first-order valence-corrected chi connectivity index (χ1v) is 7.72. The number of furan rings is 1.